The van der Waals surface area contributed by atoms with Gasteiger partial charge in [-0.15, -0.1) is 0 Å². The number of aromatic amines is 2. The van der Waals surface area contributed by atoms with Crippen LogP contribution in [0.4, 0.5) is 32.8 Å². The maximum absolute atomic E-state index is 15.6. The third-order valence-corrected chi connectivity index (χ3v) is 16.8. The number of piperidine rings is 1. The summed E-state index contributed by atoms with van der Waals surface area (Å²) in [5, 5.41) is 16.2. The van der Waals surface area contributed by atoms with Crippen molar-refractivity contribution >= 4 is 66.4 Å². The van der Waals surface area contributed by atoms with Crippen LogP contribution in [0.15, 0.2) is 78.1 Å². The maximum atomic E-state index is 15.6. The number of alkyl halides is 1. The van der Waals surface area contributed by atoms with Gasteiger partial charge < -0.3 is 34.6 Å². The van der Waals surface area contributed by atoms with Gasteiger partial charge in [0.2, 0.25) is 5.88 Å². The number of carbonyl (C=O) groups is 1. The molecule has 5 aliphatic rings. The number of benzene rings is 3. The molecule has 0 bridgehead atoms. The molecule has 7 heterocycles. The van der Waals surface area contributed by atoms with Gasteiger partial charge in [0.15, 0.2) is 0 Å². The Kier molecular flexibility index (Phi) is 11.5. The van der Waals surface area contributed by atoms with Gasteiger partial charge in [-0.3, -0.25) is 19.8 Å². The SMILES string of the molecule is CC(C)c1ccccc1[C@@H]1CCCN1C1CC2(CCN(c3ccc(C(=O)NS(=O)(=O)c4cc([N+](=O)[O-])c(NCC5(F)CCOCC5)c5[nH]cnc45)c(N4CCOc5nc6[nH]ccc6cc54)c3)CC2)C1. The number of nitro benzene ring substituents is 1. The first kappa shape index (κ1) is 45.2. The molecule has 362 valence electrons. The number of ether oxygens (including phenoxy) is 2. The number of carbonyl (C=O) groups excluding carboxylic acids is 1. The van der Waals surface area contributed by atoms with Crippen molar-refractivity contribution in [3.05, 3.63) is 100.0 Å². The van der Waals surface area contributed by atoms with E-state index in [-0.39, 0.29) is 66.9 Å². The third-order valence-electron chi connectivity index (χ3n) is 15.4. The van der Waals surface area contributed by atoms with Crippen LogP contribution in [-0.4, -0.2) is 108 Å². The first-order chi connectivity index (χ1) is 33.3. The highest BCUT2D eigenvalue weighted by atomic mass is 32.2. The van der Waals surface area contributed by atoms with Gasteiger partial charge in [-0.25, -0.2) is 22.5 Å². The minimum atomic E-state index is -4.81. The lowest BCUT2D eigenvalue weighted by Gasteiger charge is -2.56. The van der Waals surface area contributed by atoms with Crippen molar-refractivity contribution in [1.82, 2.24) is 29.6 Å². The normalized spacial score (nSPS) is 20.6. The smallest absolute Gasteiger partial charge is 0.296 e. The summed E-state index contributed by atoms with van der Waals surface area (Å²) in [7, 11) is -4.81. The number of pyridine rings is 1. The average molecular weight is 961 g/mol. The molecule has 4 fully saturated rings. The van der Waals surface area contributed by atoms with Crippen molar-refractivity contribution in [3.8, 4) is 5.88 Å². The number of likely N-dealkylation sites (tertiary alicyclic amines) is 1. The van der Waals surface area contributed by atoms with E-state index in [2.05, 4.69) is 72.9 Å². The molecule has 0 unspecified atom stereocenters. The van der Waals surface area contributed by atoms with E-state index in [1.165, 1.54) is 43.1 Å². The summed E-state index contributed by atoms with van der Waals surface area (Å²) in [4.78, 5) is 47.6. The zero-order valence-electron chi connectivity index (χ0n) is 38.8. The second-order valence-corrected chi connectivity index (χ2v) is 21.5. The summed E-state index contributed by atoms with van der Waals surface area (Å²) >= 11 is 0. The standard InChI is InChI=1S/C50H57FN10O7S/c1-31(2)35-6-3-4-7-36(35)38-8-5-17-59(38)34-27-49(28-34)12-18-58(19-13-49)33-9-10-37(39(25-33)60-20-23-68-48-41(60)24-32-11-16-52-46(32)56-48)47(62)57-69(65,66)42-26-40(61(63)64)43(45-44(42)54-30-55-45)53-29-50(51)14-21-67-22-15-50/h3-4,6-7,9-11,16,24-26,30-31,34,38,53H,5,8,12-15,17-23,27-29H2,1-2H3,(H,52,56)(H,54,55)(H,57,62)/t38-/m0/s1. The predicted molar refractivity (Wildman–Crippen MR) is 261 cm³/mol. The second kappa shape index (κ2) is 17.6. The topological polar surface area (TPSA) is 204 Å². The van der Waals surface area contributed by atoms with E-state index in [4.69, 9.17) is 14.5 Å². The van der Waals surface area contributed by atoms with Crippen molar-refractivity contribution in [2.24, 2.45) is 5.41 Å². The van der Waals surface area contributed by atoms with Crippen LogP contribution in [0.5, 0.6) is 5.88 Å². The summed E-state index contributed by atoms with van der Waals surface area (Å²) < 4.78 is 57.9. The number of halogens is 1. The highest BCUT2D eigenvalue weighted by molar-refractivity contribution is 7.90. The average Bonchev–Trinajstić information content (AvgIpc) is 4.13. The van der Waals surface area contributed by atoms with Gasteiger partial charge in [0.1, 0.15) is 39.7 Å². The molecule has 3 aromatic carbocycles. The molecule has 1 aliphatic carbocycles. The van der Waals surface area contributed by atoms with Crippen LogP contribution in [-0.2, 0) is 14.8 Å². The highest BCUT2D eigenvalue weighted by Gasteiger charge is 2.50. The van der Waals surface area contributed by atoms with E-state index >= 15 is 4.39 Å². The molecular weight excluding hydrogens is 904 g/mol. The Morgan fingerprint density at radius 3 is 2.57 bits per heavy atom. The van der Waals surface area contributed by atoms with Gasteiger partial charge in [0, 0.05) is 81.1 Å². The van der Waals surface area contributed by atoms with Gasteiger partial charge >= 0.3 is 0 Å². The Labute approximate surface area is 399 Å². The Balaban J connectivity index is 0.864. The molecule has 11 rings (SSSR count). The number of nitrogens with one attached hydrogen (secondary N) is 4. The third kappa shape index (κ3) is 8.30. The van der Waals surface area contributed by atoms with Crippen molar-refractivity contribution in [2.45, 2.75) is 93.8 Å². The quantitative estimate of drug-likeness (QED) is 0.0671. The van der Waals surface area contributed by atoms with E-state index in [1.807, 2.05) is 29.2 Å². The number of aromatic nitrogens is 4. The number of hydrogen-bond donors (Lipinski definition) is 4. The lowest BCUT2D eigenvalue weighted by Crippen LogP contribution is -2.55. The molecule has 17 nitrogen and oxygen atoms in total. The molecule has 19 heteroatoms. The Bertz CT molecular complexity index is 3060. The number of anilines is 4. The predicted octanol–water partition coefficient (Wildman–Crippen LogP) is 8.64. The first-order valence-electron chi connectivity index (χ1n) is 24.1. The van der Waals surface area contributed by atoms with Crippen LogP contribution in [0.2, 0.25) is 0 Å². The zero-order valence-corrected chi connectivity index (χ0v) is 39.6. The number of nitro groups is 1. The van der Waals surface area contributed by atoms with Crippen LogP contribution >= 0.6 is 0 Å². The Morgan fingerprint density at radius 2 is 1.78 bits per heavy atom. The molecule has 1 spiro atoms. The maximum Gasteiger partial charge on any atom is 0.296 e. The lowest BCUT2D eigenvalue weighted by molar-refractivity contribution is -0.384. The van der Waals surface area contributed by atoms with E-state index in [0.717, 1.165) is 49.6 Å². The van der Waals surface area contributed by atoms with Crippen LogP contribution < -0.4 is 24.6 Å². The minimum Gasteiger partial charge on any atom is -0.474 e. The van der Waals surface area contributed by atoms with Crippen LogP contribution in [0.3, 0.4) is 0 Å². The summed E-state index contributed by atoms with van der Waals surface area (Å²) in [5.74, 6) is -0.0949. The van der Waals surface area contributed by atoms with Crippen LogP contribution in [0.25, 0.3) is 22.1 Å². The largest absolute Gasteiger partial charge is 0.474 e. The van der Waals surface area contributed by atoms with Crippen molar-refractivity contribution in [1.29, 1.82) is 0 Å². The van der Waals surface area contributed by atoms with Crippen molar-refractivity contribution < 1.29 is 32.0 Å². The summed E-state index contributed by atoms with van der Waals surface area (Å²) in [6.45, 7) is 8.12. The summed E-state index contributed by atoms with van der Waals surface area (Å²) in [6, 6.07) is 20.1. The fourth-order valence-corrected chi connectivity index (χ4v) is 12.8. The molecule has 0 radical (unpaired) electrons. The van der Waals surface area contributed by atoms with E-state index in [9.17, 15) is 23.3 Å². The van der Waals surface area contributed by atoms with Crippen molar-refractivity contribution in [3.63, 3.8) is 0 Å². The molecule has 1 amide bonds. The second-order valence-electron chi connectivity index (χ2n) is 19.9. The van der Waals surface area contributed by atoms with Gasteiger partial charge in [0.25, 0.3) is 21.6 Å². The molecule has 3 aromatic heterocycles. The molecule has 4 N–H and O–H groups in total. The van der Waals surface area contributed by atoms with Crippen LogP contribution in [0, 0.1) is 15.5 Å². The molecule has 4 aliphatic heterocycles. The zero-order chi connectivity index (χ0) is 47.7. The van der Waals surface area contributed by atoms with Gasteiger partial charge in [-0.05, 0) is 97.9 Å². The number of fused-ring (bicyclic) bond motifs is 3. The first-order valence-corrected chi connectivity index (χ1v) is 25.6. The van der Waals surface area contributed by atoms with Crippen molar-refractivity contribution in [2.75, 3.05) is 67.7 Å². The van der Waals surface area contributed by atoms with E-state index in [1.54, 1.807) is 12.3 Å². The number of H-pyrrole nitrogens is 2. The number of amides is 1. The Hall–Kier alpha value is -6.31. The highest BCUT2D eigenvalue weighted by Crippen LogP contribution is 2.54. The van der Waals surface area contributed by atoms with Gasteiger partial charge in [-0.1, -0.05) is 38.1 Å². The molecule has 3 saturated heterocycles. The number of sulfonamides is 1. The number of imidazole rings is 1. The molecular formula is C50H57FN10O7S. The molecule has 1 saturated carbocycles. The minimum absolute atomic E-state index is 0.0143. The molecule has 1 atom stereocenters. The number of rotatable bonds is 12. The number of hydrogen-bond acceptors (Lipinski definition) is 13. The van der Waals surface area contributed by atoms with Crippen LogP contribution in [0.1, 0.15) is 98.7 Å². The fourth-order valence-electron chi connectivity index (χ4n) is 11.7. The monoisotopic (exact) mass is 960 g/mol. The fraction of sp³-hybridized carbons (Fsp3) is 0.460. The van der Waals surface area contributed by atoms with E-state index in [0.29, 0.717) is 47.4 Å². The number of nitrogens with zero attached hydrogens (tertiary/aromatic N) is 6. The molecule has 69 heavy (non-hydrogen) atoms. The Morgan fingerprint density at radius 1 is 0.986 bits per heavy atom. The van der Waals surface area contributed by atoms with Gasteiger partial charge in [-0.2, -0.15) is 4.98 Å². The summed E-state index contributed by atoms with van der Waals surface area (Å²) in [6.07, 6.45) is 10.1. The lowest BCUT2D eigenvalue weighted by atomic mass is 9.59. The van der Waals surface area contributed by atoms with E-state index < -0.39 is 37.1 Å². The summed E-state index contributed by atoms with van der Waals surface area (Å²) in [5.41, 5.74) is 3.31. The van der Waals surface area contributed by atoms with Gasteiger partial charge in [0.05, 0.1) is 34.6 Å². The molecule has 6 aromatic rings.